The molecule has 0 atom stereocenters. The molecule has 0 spiro atoms. The van der Waals surface area contributed by atoms with Gasteiger partial charge in [-0.15, -0.1) is 0 Å². The van der Waals surface area contributed by atoms with E-state index >= 15 is 0 Å². The molecule has 1 N–H and O–H groups in total. The van der Waals surface area contributed by atoms with Crippen LogP contribution in [0.1, 0.15) is 5.56 Å². The monoisotopic (exact) mass is 358 g/mol. The lowest BCUT2D eigenvalue weighted by Gasteiger charge is -2.13. The molecule has 0 fully saturated rings. The summed E-state index contributed by atoms with van der Waals surface area (Å²) in [6.07, 6.45) is 0. The second-order valence-corrected chi connectivity index (χ2v) is 6.05. The van der Waals surface area contributed by atoms with Crippen molar-refractivity contribution in [3.05, 3.63) is 88.7 Å². The van der Waals surface area contributed by atoms with E-state index in [-0.39, 0.29) is 5.56 Å². The van der Waals surface area contributed by atoms with Crippen LogP contribution in [-0.4, -0.2) is 17.1 Å². The van der Waals surface area contributed by atoms with Crippen molar-refractivity contribution in [2.75, 3.05) is 7.11 Å². The summed E-state index contributed by atoms with van der Waals surface area (Å²) in [5.41, 5.74) is 2.13. The van der Waals surface area contributed by atoms with E-state index in [0.717, 1.165) is 11.1 Å². The summed E-state index contributed by atoms with van der Waals surface area (Å²) < 4.78 is 11.5. The van der Waals surface area contributed by atoms with Crippen molar-refractivity contribution >= 4 is 10.9 Å². The lowest BCUT2D eigenvalue weighted by molar-refractivity contribution is 0.286. The van der Waals surface area contributed by atoms with E-state index in [2.05, 4.69) is 9.97 Å². The van der Waals surface area contributed by atoms with E-state index in [9.17, 15) is 4.79 Å². The Bertz CT molecular complexity index is 1120. The molecule has 0 bridgehead atoms. The molecule has 3 aromatic carbocycles. The maximum atomic E-state index is 12.5. The SMILES string of the molecule is COc1c(OCc2ccccc2)ccc2c(=O)[nH]c(-c3ccccc3)nc12. The molecule has 5 heteroatoms. The Morgan fingerprint density at radius 3 is 2.33 bits per heavy atom. The van der Waals surface area contributed by atoms with Crippen LogP contribution in [0.15, 0.2) is 77.6 Å². The predicted octanol–water partition coefficient (Wildman–Crippen LogP) is 4.18. The van der Waals surface area contributed by atoms with Gasteiger partial charge in [0.2, 0.25) is 0 Å². The van der Waals surface area contributed by atoms with Crippen molar-refractivity contribution in [3.8, 4) is 22.9 Å². The largest absolute Gasteiger partial charge is 0.491 e. The summed E-state index contributed by atoms with van der Waals surface area (Å²) in [5.74, 6) is 1.49. The maximum Gasteiger partial charge on any atom is 0.259 e. The van der Waals surface area contributed by atoms with Gasteiger partial charge in [-0.05, 0) is 17.7 Å². The molecule has 5 nitrogen and oxygen atoms in total. The molecule has 0 aliphatic heterocycles. The third-order valence-electron chi connectivity index (χ3n) is 4.28. The zero-order chi connectivity index (χ0) is 18.6. The normalized spacial score (nSPS) is 10.7. The van der Waals surface area contributed by atoms with Crippen LogP contribution in [0.5, 0.6) is 11.5 Å². The Hall–Kier alpha value is -3.60. The standard InChI is InChI=1S/C22H18N2O3/c1-26-20-18(27-14-15-8-4-2-5-9-15)13-12-17-19(20)23-21(24-22(17)25)16-10-6-3-7-11-16/h2-13H,14H2,1H3,(H,23,24,25). The van der Waals surface area contributed by atoms with Gasteiger partial charge < -0.3 is 14.5 Å². The van der Waals surface area contributed by atoms with E-state index in [1.807, 2.05) is 60.7 Å². The van der Waals surface area contributed by atoms with Crippen molar-refractivity contribution in [1.82, 2.24) is 9.97 Å². The Morgan fingerprint density at radius 2 is 1.63 bits per heavy atom. The third-order valence-corrected chi connectivity index (χ3v) is 4.28. The molecule has 0 unspecified atom stereocenters. The van der Waals surface area contributed by atoms with Crippen molar-refractivity contribution in [2.24, 2.45) is 0 Å². The van der Waals surface area contributed by atoms with Crippen LogP contribution in [-0.2, 0) is 6.61 Å². The van der Waals surface area contributed by atoms with Crippen LogP contribution >= 0.6 is 0 Å². The zero-order valence-electron chi connectivity index (χ0n) is 14.8. The lowest BCUT2D eigenvalue weighted by Crippen LogP contribution is -2.10. The van der Waals surface area contributed by atoms with Gasteiger partial charge >= 0.3 is 0 Å². The minimum absolute atomic E-state index is 0.216. The highest BCUT2D eigenvalue weighted by Crippen LogP contribution is 2.34. The zero-order valence-corrected chi connectivity index (χ0v) is 14.8. The second-order valence-electron chi connectivity index (χ2n) is 6.05. The number of ether oxygens (including phenoxy) is 2. The van der Waals surface area contributed by atoms with E-state index in [4.69, 9.17) is 9.47 Å². The van der Waals surface area contributed by atoms with Gasteiger partial charge in [0.1, 0.15) is 17.9 Å². The summed E-state index contributed by atoms with van der Waals surface area (Å²) in [6, 6.07) is 22.8. The minimum atomic E-state index is -0.216. The van der Waals surface area contributed by atoms with Crippen molar-refractivity contribution in [2.45, 2.75) is 6.61 Å². The number of rotatable bonds is 5. The van der Waals surface area contributed by atoms with Crippen molar-refractivity contribution in [1.29, 1.82) is 0 Å². The number of H-pyrrole nitrogens is 1. The first-order chi connectivity index (χ1) is 13.3. The third kappa shape index (κ3) is 3.40. The van der Waals surface area contributed by atoms with E-state index in [1.165, 1.54) is 0 Å². The van der Waals surface area contributed by atoms with Gasteiger partial charge in [0.15, 0.2) is 11.5 Å². The molecule has 134 valence electrons. The first kappa shape index (κ1) is 16.8. The van der Waals surface area contributed by atoms with Crippen molar-refractivity contribution < 1.29 is 9.47 Å². The molecule has 0 aliphatic carbocycles. The lowest BCUT2D eigenvalue weighted by atomic mass is 10.1. The number of benzene rings is 3. The van der Waals surface area contributed by atoms with Crippen LogP contribution < -0.4 is 15.0 Å². The number of methoxy groups -OCH3 is 1. The Morgan fingerprint density at radius 1 is 0.926 bits per heavy atom. The maximum absolute atomic E-state index is 12.5. The highest BCUT2D eigenvalue weighted by molar-refractivity contribution is 5.87. The Kier molecular flexibility index (Phi) is 4.58. The highest BCUT2D eigenvalue weighted by Gasteiger charge is 2.15. The summed E-state index contributed by atoms with van der Waals surface area (Å²) in [5, 5.41) is 0.457. The summed E-state index contributed by atoms with van der Waals surface area (Å²) >= 11 is 0. The summed E-state index contributed by atoms with van der Waals surface area (Å²) in [7, 11) is 1.55. The smallest absolute Gasteiger partial charge is 0.259 e. The van der Waals surface area contributed by atoms with Gasteiger partial charge in [0.25, 0.3) is 5.56 Å². The molecule has 0 amide bonds. The number of nitrogens with one attached hydrogen (secondary N) is 1. The van der Waals surface area contributed by atoms with Gasteiger partial charge in [0, 0.05) is 5.56 Å². The molecule has 1 aromatic heterocycles. The number of hydrogen-bond acceptors (Lipinski definition) is 4. The van der Waals surface area contributed by atoms with Gasteiger partial charge in [-0.1, -0.05) is 60.7 Å². The van der Waals surface area contributed by atoms with Crippen LogP contribution in [0, 0.1) is 0 Å². The molecule has 0 saturated carbocycles. The van der Waals surface area contributed by atoms with Crippen LogP contribution in [0.25, 0.3) is 22.3 Å². The molecule has 4 rings (SSSR count). The number of nitrogens with zero attached hydrogens (tertiary/aromatic N) is 1. The second kappa shape index (κ2) is 7.33. The summed E-state index contributed by atoms with van der Waals surface area (Å²) in [6.45, 7) is 0.400. The van der Waals surface area contributed by atoms with Gasteiger partial charge in [0.05, 0.1) is 12.5 Å². The number of fused-ring (bicyclic) bond motifs is 1. The van der Waals surface area contributed by atoms with Gasteiger partial charge in [-0.25, -0.2) is 4.98 Å². The molecule has 0 saturated heterocycles. The first-order valence-corrected chi connectivity index (χ1v) is 8.59. The summed E-state index contributed by atoms with van der Waals surface area (Å²) in [4.78, 5) is 20.0. The average Bonchev–Trinajstić information content (AvgIpc) is 2.73. The molecular formula is C22H18N2O3. The van der Waals surface area contributed by atoms with E-state index in [0.29, 0.717) is 34.8 Å². The Balaban J connectivity index is 1.79. The van der Waals surface area contributed by atoms with Gasteiger partial charge in [-0.2, -0.15) is 0 Å². The number of aromatic amines is 1. The fraction of sp³-hybridized carbons (Fsp3) is 0.0909. The Labute approximate surface area is 156 Å². The predicted molar refractivity (Wildman–Crippen MR) is 105 cm³/mol. The van der Waals surface area contributed by atoms with E-state index < -0.39 is 0 Å². The molecule has 4 aromatic rings. The molecule has 0 radical (unpaired) electrons. The quantitative estimate of drug-likeness (QED) is 0.581. The van der Waals surface area contributed by atoms with Crippen LogP contribution in [0.4, 0.5) is 0 Å². The topological polar surface area (TPSA) is 64.2 Å². The first-order valence-electron chi connectivity index (χ1n) is 8.59. The fourth-order valence-electron chi connectivity index (χ4n) is 2.94. The minimum Gasteiger partial charge on any atom is -0.491 e. The van der Waals surface area contributed by atoms with E-state index in [1.54, 1.807) is 19.2 Å². The molecular weight excluding hydrogens is 340 g/mol. The molecule has 1 heterocycles. The van der Waals surface area contributed by atoms with Crippen molar-refractivity contribution in [3.63, 3.8) is 0 Å². The number of hydrogen-bond donors (Lipinski definition) is 1. The average molecular weight is 358 g/mol. The van der Waals surface area contributed by atoms with Gasteiger partial charge in [-0.3, -0.25) is 4.79 Å². The molecule has 0 aliphatic rings. The fourth-order valence-corrected chi connectivity index (χ4v) is 2.94. The molecule has 27 heavy (non-hydrogen) atoms. The van der Waals surface area contributed by atoms with Crippen LogP contribution in [0.3, 0.4) is 0 Å². The number of aromatic nitrogens is 2. The highest BCUT2D eigenvalue weighted by atomic mass is 16.5. The van der Waals surface area contributed by atoms with Crippen LogP contribution in [0.2, 0.25) is 0 Å².